The number of nitrogens with one attached hydrogen (secondary N) is 2. The molecular formula is C14H18N2O7S. The molecule has 0 aromatic heterocycles. The molecule has 0 bridgehead atoms. The Bertz CT molecular complexity index is 756. The van der Waals surface area contributed by atoms with Gasteiger partial charge in [0, 0.05) is 11.8 Å². The van der Waals surface area contributed by atoms with Crippen molar-refractivity contribution in [2.75, 3.05) is 37.6 Å². The van der Waals surface area contributed by atoms with Gasteiger partial charge in [-0.2, -0.15) is 0 Å². The summed E-state index contributed by atoms with van der Waals surface area (Å²) in [5.74, 6) is -1.31. The van der Waals surface area contributed by atoms with Gasteiger partial charge in [0.05, 0.1) is 39.3 Å². The second-order valence-corrected chi connectivity index (χ2v) is 6.24. The summed E-state index contributed by atoms with van der Waals surface area (Å²) in [5, 5.41) is 2.69. The van der Waals surface area contributed by atoms with Gasteiger partial charge in [-0.25, -0.2) is 18.0 Å². The van der Waals surface area contributed by atoms with Crippen LogP contribution in [0, 0.1) is 0 Å². The van der Waals surface area contributed by atoms with Gasteiger partial charge in [0.1, 0.15) is 11.4 Å². The Morgan fingerprint density at radius 2 is 1.79 bits per heavy atom. The fourth-order valence-electron chi connectivity index (χ4n) is 1.64. The van der Waals surface area contributed by atoms with Crippen molar-refractivity contribution in [3.05, 3.63) is 30.0 Å². The highest BCUT2D eigenvalue weighted by atomic mass is 32.2. The van der Waals surface area contributed by atoms with Crippen LogP contribution >= 0.6 is 0 Å². The second-order valence-electron chi connectivity index (χ2n) is 4.49. The van der Waals surface area contributed by atoms with Gasteiger partial charge in [0.15, 0.2) is 0 Å². The molecule has 0 saturated carbocycles. The number of esters is 2. The van der Waals surface area contributed by atoms with Crippen LogP contribution in [-0.2, 0) is 29.1 Å². The average Bonchev–Trinajstić information content (AvgIpc) is 2.53. The SMILES string of the molecule is COC(=O)/C=C(/Nc1ccc(NS(C)(=O)=O)c(OC)c1)C(=O)OC. The molecule has 0 spiro atoms. The van der Waals surface area contributed by atoms with Gasteiger partial charge >= 0.3 is 11.9 Å². The molecule has 0 heterocycles. The third-order valence-electron chi connectivity index (χ3n) is 2.64. The van der Waals surface area contributed by atoms with Gasteiger partial charge in [-0.05, 0) is 12.1 Å². The molecule has 0 amide bonds. The van der Waals surface area contributed by atoms with E-state index in [1.54, 1.807) is 0 Å². The lowest BCUT2D eigenvalue weighted by atomic mass is 10.2. The van der Waals surface area contributed by atoms with Crippen LogP contribution in [0.1, 0.15) is 0 Å². The quantitative estimate of drug-likeness (QED) is 0.540. The van der Waals surface area contributed by atoms with Gasteiger partial charge in [0.2, 0.25) is 10.0 Å². The number of carbonyl (C=O) groups is 2. The predicted octanol–water partition coefficient (Wildman–Crippen LogP) is 0.708. The molecule has 132 valence electrons. The van der Waals surface area contributed by atoms with Crippen LogP contribution in [0.5, 0.6) is 5.75 Å². The summed E-state index contributed by atoms with van der Waals surface area (Å²) in [6.07, 6.45) is 1.94. The van der Waals surface area contributed by atoms with E-state index in [9.17, 15) is 18.0 Å². The highest BCUT2D eigenvalue weighted by molar-refractivity contribution is 7.92. The first-order valence-electron chi connectivity index (χ1n) is 6.51. The summed E-state index contributed by atoms with van der Waals surface area (Å²) in [7, 11) is 0.210. The summed E-state index contributed by atoms with van der Waals surface area (Å²) < 4.78 is 39.1. The number of methoxy groups -OCH3 is 3. The minimum Gasteiger partial charge on any atom is -0.494 e. The molecule has 24 heavy (non-hydrogen) atoms. The van der Waals surface area contributed by atoms with E-state index in [-0.39, 0.29) is 17.1 Å². The first-order valence-corrected chi connectivity index (χ1v) is 8.40. The Morgan fingerprint density at radius 1 is 1.12 bits per heavy atom. The summed E-state index contributed by atoms with van der Waals surface area (Å²) in [5.41, 5.74) is 0.434. The Morgan fingerprint density at radius 3 is 2.29 bits per heavy atom. The predicted molar refractivity (Wildman–Crippen MR) is 87.2 cm³/mol. The fraction of sp³-hybridized carbons (Fsp3) is 0.286. The minimum atomic E-state index is -3.48. The smallest absolute Gasteiger partial charge is 0.354 e. The number of hydrogen-bond acceptors (Lipinski definition) is 8. The Kier molecular flexibility index (Phi) is 6.59. The lowest BCUT2D eigenvalue weighted by Crippen LogP contribution is -2.16. The van der Waals surface area contributed by atoms with Crippen molar-refractivity contribution in [1.29, 1.82) is 0 Å². The van der Waals surface area contributed by atoms with Gasteiger partial charge in [-0.3, -0.25) is 4.72 Å². The van der Waals surface area contributed by atoms with Crippen molar-refractivity contribution in [2.45, 2.75) is 0 Å². The Hall–Kier alpha value is -2.75. The van der Waals surface area contributed by atoms with E-state index < -0.39 is 22.0 Å². The molecule has 9 nitrogen and oxygen atoms in total. The Labute approximate surface area is 139 Å². The van der Waals surface area contributed by atoms with Crippen molar-refractivity contribution in [3.63, 3.8) is 0 Å². The number of rotatable bonds is 7. The number of sulfonamides is 1. The van der Waals surface area contributed by atoms with Crippen molar-refractivity contribution < 1.29 is 32.2 Å². The standard InChI is InChI=1S/C14H18N2O7S/c1-21-12-7-9(5-6-10(12)16-24(4,19)20)15-11(14(18)23-3)8-13(17)22-2/h5-8,15-16H,1-4H3/b11-8+. The first-order chi connectivity index (χ1) is 11.2. The van der Waals surface area contributed by atoms with E-state index in [0.717, 1.165) is 19.4 Å². The molecule has 0 fully saturated rings. The highest BCUT2D eigenvalue weighted by Gasteiger charge is 2.15. The Balaban J connectivity index is 3.15. The van der Waals surface area contributed by atoms with E-state index in [4.69, 9.17) is 4.74 Å². The summed E-state index contributed by atoms with van der Waals surface area (Å²) >= 11 is 0. The third-order valence-corrected chi connectivity index (χ3v) is 3.24. The third kappa shape index (κ3) is 5.80. The molecule has 0 saturated heterocycles. The number of hydrogen-bond donors (Lipinski definition) is 2. The van der Waals surface area contributed by atoms with Crippen molar-refractivity contribution in [2.24, 2.45) is 0 Å². The van der Waals surface area contributed by atoms with E-state index in [1.165, 1.54) is 32.4 Å². The van der Waals surface area contributed by atoms with Crippen LogP contribution < -0.4 is 14.8 Å². The molecule has 1 aromatic carbocycles. The topological polar surface area (TPSA) is 120 Å². The van der Waals surface area contributed by atoms with Crippen molar-refractivity contribution in [1.82, 2.24) is 0 Å². The van der Waals surface area contributed by atoms with Crippen LogP contribution in [0.3, 0.4) is 0 Å². The van der Waals surface area contributed by atoms with Crippen molar-refractivity contribution in [3.8, 4) is 5.75 Å². The summed E-state index contributed by atoms with van der Waals surface area (Å²) in [6, 6.07) is 4.38. The minimum absolute atomic E-state index is 0.157. The lowest BCUT2D eigenvalue weighted by Gasteiger charge is -2.13. The maximum atomic E-state index is 11.7. The molecule has 10 heteroatoms. The van der Waals surface area contributed by atoms with E-state index in [0.29, 0.717) is 5.69 Å². The second kappa shape index (κ2) is 8.20. The number of ether oxygens (including phenoxy) is 3. The fourth-order valence-corrected chi connectivity index (χ4v) is 2.21. The zero-order valence-corrected chi connectivity index (χ0v) is 14.4. The maximum Gasteiger partial charge on any atom is 0.354 e. The van der Waals surface area contributed by atoms with Crippen molar-refractivity contribution >= 4 is 33.3 Å². The zero-order valence-electron chi connectivity index (χ0n) is 13.6. The highest BCUT2D eigenvalue weighted by Crippen LogP contribution is 2.29. The largest absolute Gasteiger partial charge is 0.494 e. The molecule has 2 N–H and O–H groups in total. The molecule has 0 radical (unpaired) electrons. The van der Waals surface area contributed by atoms with Crippen LogP contribution in [0.2, 0.25) is 0 Å². The molecule has 0 aliphatic carbocycles. The lowest BCUT2D eigenvalue weighted by molar-refractivity contribution is -0.138. The number of anilines is 2. The van der Waals surface area contributed by atoms with Gasteiger partial charge < -0.3 is 19.5 Å². The molecule has 0 aliphatic heterocycles. The summed E-state index contributed by atoms with van der Waals surface area (Å²) in [6.45, 7) is 0. The van der Waals surface area contributed by atoms with Crippen LogP contribution in [0.4, 0.5) is 11.4 Å². The van der Waals surface area contributed by atoms with E-state index >= 15 is 0 Å². The van der Waals surface area contributed by atoms with E-state index in [1.807, 2.05) is 0 Å². The van der Waals surface area contributed by atoms with Gasteiger partial charge in [-0.15, -0.1) is 0 Å². The van der Waals surface area contributed by atoms with Crippen LogP contribution in [-0.4, -0.2) is 47.9 Å². The van der Waals surface area contributed by atoms with Gasteiger partial charge in [-0.1, -0.05) is 0 Å². The number of carbonyl (C=O) groups excluding carboxylic acids is 2. The van der Waals surface area contributed by atoms with Crippen LogP contribution in [0.25, 0.3) is 0 Å². The van der Waals surface area contributed by atoms with E-state index in [2.05, 4.69) is 19.5 Å². The number of benzene rings is 1. The summed E-state index contributed by atoms with van der Waals surface area (Å²) in [4.78, 5) is 23.0. The molecule has 1 aromatic rings. The van der Waals surface area contributed by atoms with Gasteiger partial charge in [0.25, 0.3) is 0 Å². The zero-order chi connectivity index (χ0) is 18.3. The monoisotopic (exact) mass is 358 g/mol. The maximum absolute atomic E-state index is 11.7. The molecular weight excluding hydrogens is 340 g/mol. The molecule has 0 atom stereocenters. The average molecular weight is 358 g/mol. The molecule has 0 unspecified atom stereocenters. The molecule has 0 aliphatic rings. The van der Waals surface area contributed by atoms with Crippen LogP contribution in [0.15, 0.2) is 30.0 Å². The first kappa shape index (κ1) is 19.3. The molecule has 1 rings (SSSR count). The normalized spacial score (nSPS) is 11.4.